The number of azo groups is 1. The van der Waals surface area contributed by atoms with Gasteiger partial charge in [-0.1, -0.05) is 13.8 Å². The van der Waals surface area contributed by atoms with Gasteiger partial charge in [-0.05, 0) is 52.3 Å². The summed E-state index contributed by atoms with van der Waals surface area (Å²) >= 11 is 2.20. The molecule has 1 N–H and O–H groups in total. The molecule has 2 rings (SSSR count). The molecule has 0 aliphatic heterocycles. The molecule has 0 aromatic heterocycles. The monoisotopic (exact) mass is 370 g/mol. The average Bonchev–Trinajstić information content (AvgIpc) is 2.29. The number of nitrogens with zero attached hydrogens (tertiary/aromatic N) is 2. The Labute approximate surface area is 125 Å². The smallest absolute Gasteiger partial charge is 0.187 e. The molecule has 0 spiro atoms. The second-order valence-electron chi connectivity index (χ2n) is 5.41. The van der Waals surface area contributed by atoms with Crippen molar-refractivity contribution in [2.75, 3.05) is 0 Å². The summed E-state index contributed by atoms with van der Waals surface area (Å²) in [7, 11) is 0. The Hall–Kier alpha value is -1.24. The lowest BCUT2D eigenvalue weighted by Crippen LogP contribution is -2.25. The number of aliphatic hydroxyl groups is 1. The molecule has 4 nitrogen and oxygen atoms in total. The summed E-state index contributed by atoms with van der Waals surface area (Å²) in [5, 5.41) is 17.8. The molecule has 1 aliphatic carbocycles. The maximum Gasteiger partial charge on any atom is 0.187 e. The molecule has 0 radical (unpaired) electrons. The first-order valence-electron chi connectivity index (χ1n) is 6.00. The molecule has 0 amide bonds. The number of allylic oxidation sites excluding steroid dienone is 2. The van der Waals surface area contributed by atoms with Crippen LogP contribution in [0.15, 0.2) is 46.0 Å². The van der Waals surface area contributed by atoms with Crippen molar-refractivity contribution in [2.45, 2.75) is 26.7 Å². The van der Waals surface area contributed by atoms with Crippen LogP contribution in [0.3, 0.4) is 0 Å². The zero-order valence-corrected chi connectivity index (χ0v) is 13.0. The number of ketones is 1. The maximum atomic E-state index is 11.9. The summed E-state index contributed by atoms with van der Waals surface area (Å²) in [6.07, 6.45) is 0.845. The second kappa shape index (κ2) is 5.40. The standard InChI is InChI=1S/C14H15IN2O2/c1-14(2)7-11(18)13(12(19)8-14)17-16-10-5-3-9(15)4-6-10/h3-6,18H,7-8H2,1-2H3. The topological polar surface area (TPSA) is 62.0 Å². The highest BCUT2D eigenvalue weighted by atomic mass is 127. The van der Waals surface area contributed by atoms with Gasteiger partial charge in [-0.15, -0.1) is 5.11 Å². The molecule has 19 heavy (non-hydrogen) atoms. The van der Waals surface area contributed by atoms with Gasteiger partial charge in [-0.25, -0.2) is 0 Å². The van der Waals surface area contributed by atoms with E-state index in [1.165, 1.54) is 0 Å². The minimum Gasteiger partial charge on any atom is -0.510 e. The van der Waals surface area contributed by atoms with E-state index in [1.807, 2.05) is 38.1 Å². The number of Topliss-reactive ketones (excluding diaryl/α,β-unsaturated/α-hetero) is 1. The molecule has 0 saturated carbocycles. The SMILES string of the molecule is CC1(C)CC(=O)C(N=Nc2ccc(I)cc2)=C(O)C1. The van der Waals surface area contributed by atoms with E-state index in [0.717, 1.165) is 3.57 Å². The van der Waals surface area contributed by atoms with E-state index in [2.05, 4.69) is 32.8 Å². The molecular formula is C14H15IN2O2. The predicted octanol–water partition coefficient (Wildman–Crippen LogP) is 4.53. The van der Waals surface area contributed by atoms with E-state index in [4.69, 9.17) is 0 Å². The predicted molar refractivity (Wildman–Crippen MR) is 81.4 cm³/mol. The van der Waals surface area contributed by atoms with E-state index in [9.17, 15) is 9.90 Å². The van der Waals surface area contributed by atoms with E-state index >= 15 is 0 Å². The van der Waals surface area contributed by atoms with Crippen LogP contribution in [0.2, 0.25) is 0 Å². The van der Waals surface area contributed by atoms with Gasteiger partial charge >= 0.3 is 0 Å². The molecule has 1 aliphatic rings. The molecule has 0 unspecified atom stereocenters. The molecule has 0 fully saturated rings. The zero-order valence-electron chi connectivity index (χ0n) is 10.9. The van der Waals surface area contributed by atoms with Crippen LogP contribution >= 0.6 is 22.6 Å². The zero-order chi connectivity index (χ0) is 14.0. The Kier molecular flexibility index (Phi) is 4.03. The molecule has 5 heteroatoms. The van der Waals surface area contributed by atoms with Gasteiger partial charge in [-0.2, -0.15) is 5.11 Å². The summed E-state index contributed by atoms with van der Waals surface area (Å²) in [6, 6.07) is 7.46. The summed E-state index contributed by atoms with van der Waals surface area (Å²) in [4.78, 5) is 11.9. The quantitative estimate of drug-likeness (QED) is 0.614. The van der Waals surface area contributed by atoms with Crippen molar-refractivity contribution in [3.63, 3.8) is 0 Å². The summed E-state index contributed by atoms with van der Waals surface area (Å²) in [5.74, 6) is -0.112. The van der Waals surface area contributed by atoms with Crippen molar-refractivity contribution in [1.82, 2.24) is 0 Å². The minimum atomic E-state index is -0.205. The number of aliphatic hydroxyl groups excluding tert-OH is 1. The fourth-order valence-electron chi connectivity index (χ4n) is 2.01. The van der Waals surface area contributed by atoms with Crippen LogP contribution < -0.4 is 0 Å². The fourth-order valence-corrected chi connectivity index (χ4v) is 2.37. The largest absolute Gasteiger partial charge is 0.510 e. The normalized spacial score (nSPS) is 19.2. The third-order valence-electron chi connectivity index (χ3n) is 2.91. The van der Waals surface area contributed by atoms with Crippen molar-refractivity contribution in [3.8, 4) is 0 Å². The first-order chi connectivity index (χ1) is 8.87. The number of carbonyl (C=O) groups is 1. The highest BCUT2D eigenvalue weighted by Gasteiger charge is 2.33. The number of carbonyl (C=O) groups excluding carboxylic acids is 1. The number of rotatable bonds is 2. The first-order valence-corrected chi connectivity index (χ1v) is 7.08. The van der Waals surface area contributed by atoms with Gasteiger partial charge in [0, 0.05) is 16.4 Å². The molecule has 100 valence electrons. The third kappa shape index (κ3) is 3.62. The molecule has 1 aromatic rings. The first kappa shape index (κ1) is 14.2. The van der Waals surface area contributed by atoms with Crippen molar-refractivity contribution in [1.29, 1.82) is 0 Å². The number of benzene rings is 1. The van der Waals surface area contributed by atoms with Crippen LogP contribution in [0.5, 0.6) is 0 Å². The highest BCUT2D eigenvalue weighted by molar-refractivity contribution is 14.1. The van der Waals surface area contributed by atoms with Crippen LogP contribution in [0.4, 0.5) is 5.69 Å². The summed E-state index contributed by atoms with van der Waals surface area (Å²) in [5.41, 5.74) is 0.555. The Morgan fingerprint density at radius 1 is 1.16 bits per heavy atom. The number of hydrogen-bond donors (Lipinski definition) is 1. The fraction of sp³-hybridized carbons (Fsp3) is 0.357. The molecular weight excluding hydrogens is 355 g/mol. The highest BCUT2D eigenvalue weighted by Crippen LogP contribution is 2.36. The van der Waals surface area contributed by atoms with E-state index < -0.39 is 0 Å². The molecule has 0 saturated heterocycles. The lowest BCUT2D eigenvalue weighted by Gasteiger charge is -2.27. The van der Waals surface area contributed by atoms with Crippen molar-refractivity contribution in [2.24, 2.45) is 15.6 Å². The van der Waals surface area contributed by atoms with Crippen LogP contribution in [0.1, 0.15) is 26.7 Å². The lowest BCUT2D eigenvalue weighted by atomic mass is 9.78. The molecule has 1 aromatic carbocycles. The Bertz CT molecular complexity index is 559. The summed E-state index contributed by atoms with van der Waals surface area (Å²) in [6.45, 7) is 3.91. The van der Waals surface area contributed by atoms with Gasteiger partial charge in [0.05, 0.1) is 5.69 Å². The lowest BCUT2D eigenvalue weighted by molar-refractivity contribution is -0.118. The van der Waals surface area contributed by atoms with E-state index in [1.54, 1.807) is 0 Å². The van der Waals surface area contributed by atoms with Gasteiger partial charge < -0.3 is 5.11 Å². The number of halogens is 1. The Morgan fingerprint density at radius 2 is 1.79 bits per heavy atom. The van der Waals surface area contributed by atoms with Crippen LogP contribution in [-0.2, 0) is 4.79 Å². The third-order valence-corrected chi connectivity index (χ3v) is 3.63. The van der Waals surface area contributed by atoms with Gasteiger partial charge in [0.2, 0.25) is 0 Å². The molecule has 0 atom stereocenters. The van der Waals surface area contributed by atoms with E-state index in [-0.39, 0.29) is 22.7 Å². The van der Waals surface area contributed by atoms with Crippen LogP contribution in [0.25, 0.3) is 0 Å². The van der Waals surface area contributed by atoms with Gasteiger partial charge in [0.15, 0.2) is 11.5 Å². The molecule has 0 bridgehead atoms. The van der Waals surface area contributed by atoms with Crippen molar-refractivity contribution >= 4 is 34.1 Å². The number of hydrogen-bond acceptors (Lipinski definition) is 4. The van der Waals surface area contributed by atoms with Gasteiger partial charge in [-0.3, -0.25) is 4.79 Å². The second-order valence-corrected chi connectivity index (χ2v) is 6.66. The van der Waals surface area contributed by atoms with Crippen molar-refractivity contribution in [3.05, 3.63) is 39.3 Å². The van der Waals surface area contributed by atoms with E-state index in [0.29, 0.717) is 18.5 Å². The van der Waals surface area contributed by atoms with Gasteiger partial charge in [0.25, 0.3) is 0 Å². The van der Waals surface area contributed by atoms with Crippen LogP contribution in [0, 0.1) is 8.99 Å². The molecule has 0 heterocycles. The average molecular weight is 370 g/mol. The van der Waals surface area contributed by atoms with Crippen molar-refractivity contribution < 1.29 is 9.90 Å². The summed E-state index contributed by atoms with van der Waals surface area (Å²) < 4.78 is 1.11. The Morgan fingerprint density at radius 3 is 2.37 bits per heavy atom. The Balaban J connectivity index is 2.23. The maximum absolute atomic E-state index is 11.9. The van der Waals surface area contributed by atoms with Crippen LogP contribution in [-0.4, -0.2) is 10.9 Å². The minimum absolute atomic E-state index is 0.0375. The van der Waals surface area contributed by atoms with Gasteiger partial charge in [0.1, 0.15) is 5.76 Å².